The van der Waals surface area contributed by atoms with Gasteiger partial charge >= 0.3 is 0 Å². The van der Waals surface area contributed by atoms with Crippen molar-refractivity contribution in [3.05, 3.63) is 28.2 Å². The molecule has 1 fully saturated rings. The molecular weight excluding hydrogens is 314 g/mol. The molecule has 0 N–H and O–H groups in total. The molecule has 0 saturated carbocycles. The van der Waals surface area contributed by atoms with Gasteiger partial charge in [0.1, 0.15) is 0 Å². The van der Waals surface area contributed by atoms with Crippen LogP contribution in [-0.2, 0) is 10.0 Å². The number of hydrogen-bond donors (Lipinski definition) is 0. The summed E-state index contributed by atoms with van der Waals surface area (Å²) in [6, 6.07) is 5.39. The second-order valence-electron chi connectivity index (χ2n) is 5.66. The van der Waals surface area contributed by atoms with Crippen molar-refractivity contribution in [1.82, 2.24) is 4.31 Å². The van der Waals surface area contributed by atoms with Gasteiger partial charge in [-0.1, -0.05) is 35.8 Å². The Morgan fingerprint density at radius 1 is 1.33 bits per heavy atom. The van der Waals surface area contributed by atoms with Crippen molar-refractivity contribution >= 4 is 26.0 Å². The molecule has 1 aliphatic heterocycles. The van der Waals surface area contributed by atoms with Gasteiger partial charge in [-0.05, 0) is 36.5 Å². The molecule has 0 atom stereocenters. The Labute approximate surface area is 117 Å². The normalized spacial score (nSPS) is 20.2. The Morgan fingerprint density at radius 3 is 2.56 bits per heavy atom. The average molecular weight is 332 g/mol. The molecule has 0 radical (unpaired) electrons. The number of hydrogen-bond acceptors (Lipinski definition) is 2. The minimum absolute atomic E-state index is 0.0764. The topological polar surface area (TPSA) is 37.4 Å². The second kappa shape index (κ2) is 4.62. The summed E-state index contributed by atoms with van der Waals surface area (Å²) in [6.07, 6.45) is 0.916. The van der Waals surface area contributed by atoms with Gasteiger partial charge in [0.2, 0.25) is 10.0 Å². The molecule has 0 unspecified atom stereocenters. The van der Waals surface area contributed by atoms with Crippen LogP contribution in [0.15, 0.2) is 27.6 Å². The first-order chi connectivity index (χ1) is 8.22. The van der Waals surface area contributed by atoms with E-state index in [0.29, 0.717) is 18.0 Å². The number of sulfonamides is 1. The summed E-state index contributed by atoms with van der Waals surface area (Å²) in [5.74, 6) is 0. The van der Waals surface area contributed by atoms with Crippen LogP contribution in [0.3, 0.4) is 0 Å². The van der Waals surface area contributed by atoms with E-state index < -0.39 is 10.0 Å². The lowest BCUT2D eigenvalue weighted by Gasteiger charge is -2.20. The second-order valence-corrected chi connectivity index (χ2v) is 8.48. The fourth-order valence-electron chi connectivity index (χ4n) is 2.26. The summed E-state index contributed by atoms with van der Waals surface area (Å²) in [4.78, 5) is 0.412. The zero-order chi connectivity index (χ0) is 13.6. The summed E-state index contributed by atoms with van der Waals surface area (Å²) in [7, 11) is -3.36. The standard InChI is InChI=1S/C13H18BrNO2S/c1-10-4-5-11(14)8-12(10)18(16,17)15-7-6-13(2,3)9-15/h4-5,8H,6-7,9H2,1-3H3. The van der Waals surface area contributed by atoms with Crippen molar-refractivity contribution in [2.75, 3.05) is 13.1 Å². The minimum atomic E-state index is -3.36. The van der Waals surface area contributed by atoms with Gasteiger partial charge < -0.3 is 0 Å². The van der Waals surface area contributed by atoms with Gasteiger partial charge in [-0.3, -0.25) is 0 Å². The predicted molar refractivity (Wildman–Crippen MR) is 76.0 cm³/mol. The molecule has 0 bridgehead atoms. The monoisotopic (exact) mass is 331 g/mol. The van der Waals surface area contributed by atoms with Crippen LogP contribution in [0.25, 0.3) is 0 Å². The van der Waals surface area contributed by atoms with E-state index >= 15 is 0 Å². The molecule has 3 nitrogen and oxygen atoms in total. The molecule has 5 heteroatoms. The van der Waals surface area contributed by atoms with E-state index in [9.17, 15) is 8.42 Å². The SMILES string of the molecule is Cc1ccc(Br)cc1S(=O)(=O)N1CCC(C)(C)C1. The lowest BCUT2D eigenvalue weighted by molar-refractivity contribution is 0.375. The van der Waals surface area contributed by atoms with Gasteiger partial charge in [-0.2, -0.15) is 4.31 Å². The molecule has 1 aliphatic rings. The van der Waals surface area contributed by atoms with E-state index in [0.717, 1.165) is 16.5 Å². The van der Waals surface area contributed by atoms with E-state index in [2.05, 4.69) is 29.8 Å². The van der Waals surface area contributed by atoms with Crippen LogP contribution in [0.1, 0.15) is 25.8 Å². The molecule has 2 rings (SSSR count). The smallest absolute Gasteiger partial charge is 0.207 e. The van der Waals surface area contributed by atoms with Gasteiger partial charge in [0.05, 0.1) is 4.90 Å². The first kappa shape index (κ1) is 14.0. The number of benzene rings is 1. The Kier molecular flexibility index (Phi) is 3.60. The van der Waals surface area contributed by atoms with Crippen LogP contribution < -0.4 is 0 Å². The van der Waals surface area contributed by atoms with Gasteiger partial charge in [0.25, 0.3) is 0 Å². The highest BCUT2D eigenvalue weighted by Gasteiger charge is 2.37. The predicted octanol–water partition coefficient (Wildman–Crippen LogP) is 3.18. The summed E-state index contributed by atoms with van der Waals surface area (Å²) < 4.78 is 27.6. The van der Waals surface area contributed by atoms with Crippen molar-refractivity contribution in [3.8, 4) is 0 Å². The van der Waals surface area contributed by atoms with Crippen molar-refractivity contribution < 1.29 is 8.42 Å². The molecule has 0 aliphatic carbocycles. The van der Waals surface area contributed by atoms with Crippen LogP contribution in [0.2, 0.25) is 0 Å². The van der Waals surface area contributed by atoms with E-state index in [4.69, 9.17) is 0 Å². The van der Waals surface area contributed by atoms with E-state index in [1.807, 2.05) is 19.1 Å². The summed E-state index contributed by atoms with van der Waals surface area (Å²) in [6.45, 7) is 7.26. The van der Waals surface area contributed by atoms with E-state index in [-0.39, 0.29) is 5.41 Å². The molecule has 100 valence electrons. The molecular formula is C13H18BrNO2S. The Morgan fingerprint density at radius 2 is 2.00 bits per heavy atom. The molecule has 0 spiro atoms. The summed E-state index contributed by atoms with van der Waals surface area (Å²) in [5, 5.41) is 0. The molecule has 1 heterocycles. The van der Waals surface area contributed by atoms with Crippen LogP contribution in [-0.4, -0.2) is 25.8 Å². The van der Waals surface area contributed by atoms with Crippen LogP contribution >= 0.6 is 15.9 Å². The van der Waals surface area contributed by atoms with E-state index in [1.54, 1.807) is 10.4 Å². The molecule has 1 aromatic rings. The summed E-state index contributed by atoms with van der Waals surface area (Å²) >= 11 is 3.34. The third-order valence-electron chi connectivity index (χ3n) is 3.41. The largest absolute Gasteiger partial charge is 0.243 e. The first-order valence-electron chi connectivity index (χ1n) is 5.99. The first-order valence-corrected chi connectivity index (χ1v) is 8.22. The minimum Gasteiger partial charge on any atom is -0.207 e. The molecule has 0 amide bonds. The van der Waals surface area contributed by atoms with Gasteiger partial charge in [0.15, 0.2) is 0 Å². The van der Waals surface area contributed by atoms with Crippen molar-refractivity contribution in [2.24, 2.45) is 5.41 Å². The molecule has 1 saturated heterocycles. The molecule has 1 aromatic carbocycles. The maximum atomic E-state index is 12.6. The van der Waals surface area contributed by atoms with Crippen LogP contribution in [0, 0.1) is 12.3 Å². The molecule has 0 aromatic heterocycles. The van der Waals surface area contributed by atoms with Crippen molar-refractivity contribution in [3.63, 3.8) is 0 Å². The third-order valence-corrected chi connectivity index (χ3v) is 5.89. The lowest BCUT2D eigenvalue weighted by Crippen LogP contribution is -2.30. The number of aryl methyl sites for hydroxylation is 1. The third kappa shape index (κ3) is 2.63. The highest BCUT2D eigenvalue weighted by atomic mass is 79.9. The van der Waals surface area contributed by atoms with Crippen molar-refractivity contribution in [1.29, 1.82) is 0 Å². The number of nitrogens with zero attached hydrogens (tertiary/aromatic N) is 1. The Hall–Kier alpha value is -0.390. The Bertz CT molecular complexity index is 566. The fourth-order valence-corrected chi connectivity index (χ4v) is 4.65. The maximum Gasteiger partial charge on any atom is 0.243 e. The Balaban J connectivity index is 2.40. The van der Waals surface area contributed by atoms with Gasteiger partial charge in [-0.25, -0.2) is 8.42 Å². The van der Waals surface area contributed by atoms with Crippen LogP contribution in [0.5, 0.6) is 0 Å². The maximum absolute atomic E-state index is 12.6. The lowest BCUT2D eigenvalue weighted by atomic mass is 9.93. The quantitative estimate of drug-likeness (QED) is 0.834. The average Bonchev–Trinajstić information content (AvgIpc) is 2.63. The van der Waals surface area contributed by atoms with Crippen LogP contribution in [0.4, 0.5) is 0 Å². The van der Waals surface area contributed by atoms with Crippen molar-refractivity contribution in [2.45, 2.75) is 32.1 Å². The summed E-state index contributed by atoms with van der Waals surface area (Å²) in [5.41, 5.74) is 0.871. The highest BCUT2D eigenvalue weighted by Crippen LogP contribution is 2.34. The highest BCUT2D eigenvalue weighted by molar-refractivity contribution is 9.10. The zero-order valence-corrected chi connectivity index (χ0v) is 13.3. The zero-order valence-electron chi connectivity index (χ0n) is 10.9. The van der Waals surface area contributed by atoms with Gasteiger partial charge in [-0.15, -0.1) is 0 Å². The number of rotatable bonds is 2. The fraction of sp³-hybridized carbons (Fsp3) is 0.538. The number of halogens is 1. The van der Waals surface area contributed by atoms with Gasteiger partial charge in [0, 0.05) is 17.6 Å². The molecule has 18 heavy (non-hydrogen) atoms. The van der Waals surface area contributed by atoms with E-state index in [1.165, 1.54) is 0 Å².